The normalized spacial score (nSPS) is 11.9. The predicted molar refractivity (Wildman–Crippen MR) is 62.2 cm³/mol. The Morgan fingerprint density at radius 2 is 2.41 bits per heavy atom. The third-order valence-electron chi connectivity index (χ3n) is 2.11. The van der Waals surface area contributed by atoms with Crippen molar-refractivity contribution < 1.29 is 13.9 Å². The van der Waals surface area contributed by atoms with E-state index in [2.05, 4.69) is 15.6 Å². The monoisotopic (exact) mass is 241 g/mol. The third-order valence-corrected chi connectivity index (χ3v) is 2.11. The number of amides is 1. The summed E-state index contributed by atoms with van der Waals surface area (Å²) in [6, 6.07) is 2.38. The molecule has 1 amide bonds. The van der Waals surface area contributed by atoms with Gasteiger partial charge in [0.15, 0.2) is 0 Å². The van der Waals surface area contributed by atoms with Crippen LogP contribution in [0.15, 0.2) is 18.3 Å². The van der Waals surface area contributed by atoms with Crippen molar-refractivity contribution in [1.29, 1.82) is 0 Å². The zero-order chi connectivity index (χ0) is 12.7. The number of carbonyl (C=O) groups is 1. The first-order valence-corrected chi connectivity index (χ1v) is 5.28. The quantitative estimate of drug-likeness (QED) is 0.571. The predicted octanol–water partition coefficient (Wildman–Crippen LogP) is 0.784. The summed E-state index contributed by atoms with van der Waals surface area (Å²) in [4.78, 5) is 15.0. The van der Waals surface area contributed by atoms with E-state index in [1.165, 1.54) is 12.3 Å². The summed E-state index contributed by atoms with van der Waals surface area (Å²) in [7, 11) is 1.56. The Labute approximate surface area is 99.4 Å². The molecule has 1 unspecified atom stereocenters. The number of halogens is 1. The van der Waals surface area contributed by atoms with E-state index in [1.807, 2.05) is 0 Å². The highest BCUT2D eigenvalue weighted by atomic mass is 19.1. The third kappa shape index (κ3) is 4.78. The Bertz CT molecular complexity index is 373. The van der Waals surface area contributed by atoms with Gasteiger partial charge in [-0.05, 0) is 13.0 Å². The van der Waals surface area contributed by atoms with Crippen LogP contribution >= 0.6 is 0 Å². The summed E-state index contributed by atoms with van der Waals surface area (Å²) in [5.41, 5.74) is 0.520. The second kappa shape index (κ2) is 6.80. The molecule has 0 spiro atoms. The van der Waals surface area contributed by atoms with E-state index in [-0.39, 0.29) is 5.91 Å². The molecule has 0 saturated carbocycles. The molecule has 1 aromatic heterocycles. The van der Waals surface area contributed by atoms with Gasteiger partial charge in [-0.25, -0.2) is 4.98 Å². The van der Waals surface area contributed by atoms with Crippen LogP contribution in [-0.2, 0) is 9.53 Å². The second-order valence-corrected chi connectivity index (χ2v) is 3.52. The molecule has 5 nitrogen and oxygen atoms in total. The second-order valence-electron chi connectivity index (χ2n) is 3.52. The van der Waals surface area contributed by atoms with Gasteiger partial charge in [0.1, 0.15) is 6.04 Å². The molecule has 2 N–H and O–H groups in total. The molecule has 0 aliphatic carbocycles. The van der Waals surface area contributed by atoms with E-state index in [0.29, 0.717) is 18.8 Å². The molecular formula is C11H16FN3O2. The van der Waals surface area contributed by atoms with Crippen molar-refractivity contribution in [2.75, 3.05) is 25.6 Å². The summed E-state index contributed by atoms with van der Waals surface area (Å²) in [6.07, 6.45) is 1.34. The van der Waals surface area contributed by atoms with E-state index >= 15 is 0 Å². The van der Waals surface area contributed by atoms with Gasteiger partial charge in [0.25, 0.3) is 0 Å². The fourth-order valence-corrected chi connectivity index (χ4v) is 1.24. The van der Waals surface area contributed by atoms with Crippen LogP contribution in [0.3, 0.4) is 0 Å². The van der Waals surface area contributed by atoms with Gasteiger partial charge in [-0.2, -0.15) is 4.39 Å². The van der Waals surface area contributed by atoms with Crippen LogP contribution < -0.4 is 10.6 Å². The lowest BCUT2D eigenvalue weighted by Gasteiger charge is -2.14. The zero-order valence-electron chi connectivity index (χ0n) is 9.87. The highest BCUT2D eigenvalue weighted by molar-refractivity contribution is 5.84. The van der Waals surface area contributed by atoms with Gasteiger partial charge in [0.2, 0.25) is 11.9 Å². The molecule has 0 saturated heterocycles. The summed E-state index contributed by atoms with van der Waals surface area (Å²) in [6.45, 7) is 2.61. The van der Waals surface area contributed by atoms with Crippen LogP contribution in [0.5, 0.6) is 0 Å². The maximum absolute atomic E-state index is 12.8. The Balaban J connectivity index is 2.43. The summed E-state index contributed by atoms with van der Waals surface area (Å²) >= 11 is 0. The van der Waals surface area contributed by atoms with Crippen molar-refractivity contribution in [2.45, 2.75) is 13.0 Å². The van der Waals surface area contributed by atoms with Crippen LogP contribution in [-0.4, -0.2) is 37.2 Å². The van der Waals surface area contributed by atoms with E-state index in [4.69, 9.17) is 4.74 Å². The highest BCUT2D eigenvalue weighted by Gasteiger charge is 2.11. The Kier molecular flexibility index (Phi) is 5.35. The summed E-state index contributed by atoms with van der Waals surface area (Å²) in [5.74, 6) is -0.749. The lowest BCUT2D eigenvalue weighted by molar-refractivity contribution is -0.121. The van der Waals surface area contributed by atoms with Gasteiger partial charge >= 0.3 is 0 Å². The molecule has 1 atom stereocenters. The number of nitrogens with zero attached hydrogens (tertiary/aromatic N) is 1. The number of aromatic nitrogens is 1. The minimum absolute atomic E-state index is 0.167. The lowest BCUT2D eigenvalue weighted by Crippen LogP contribution is -2.39. The van der Waals surface area contributed by atoms with Gasteiger partial charge in [-0.1, -0.05) is 0 Å². The highest BCUT2D eigenvalue weighted by Crippen LogP contribution is 2.08. The summed E-state index contributed by atoms with van der Waals surface area (Å²) in [5, 5.41) is 5.56. The largest absolute Gasteiger partial charge is 0.383 e. The molecule has 1 rings (SSSR count). The van der Waals surface area contributed by atoms with Crippen molar-refractivity contribution in [3.8, 4) is 0 Å². The first-order chi connectivity index (χ1) is 8.13. The van der Waals surface area contributed by atoms with Gasteiger partial charge in [0.05, 0.1) is 6.61 Å². The maximum atomic E-state index is 12.8. The molecule has 0 aliphatic heterocycles. The Morgan fingerprint density at radius 1 is 1.65 bits per heavy atom. The van der Waals surface area contributed by atoms with Crippen molar-refractivity contribution >= 4 is 11.6 Å². The molecule has 0 fully saturated rings. The van der Waals surface area contributed by atoms with Gasteiger partial charge in [-0.15, -0.1) is 0 Å². The fourth-order valence-electron chi connectivity index (χ4n) is 1.24. The van der Waals surface area contributed by atoms with Crippen LogP contribution in [0.4, 0.5) is 10.1 Å². The molecule has 17 heavy (non-hydrogen) atoms. The molecule has 0 radical (unpaired) electrons. The molecular weight excluding hydrogens is 225 g/mol. The van der Waals surface area contributed by atoms with Crippen molar-refractivity contribution in [1.82, 2.24) is 10.3 Å². The molecule has 0 aliphatic rings. The Hall–Kier alpha value is -1.69. The van der Waals surface area contributed by atoms with Crippen LogP contribution in [0.1, 0.15) is 6.92 Å². The Morgan fingerprint density at radius 3 is 3.06 bits per heavy atom. The number of pyridine rings is 1. The first kappa shape index (κ1) is 13.4. The lowest BCUT2D eigenvalue weighted by atomic mass is 10.3. The molecule has 94 valence electrons. The molecule has 0 bridgehead atoms. The van der Waals surface area contributed by atoms with Crippen LogP contribution in [0.2, 0.25) is 0 Å². The molecule has 1 heterocycles. The number of anilines is 1. The van der Waals surface area contributed by atoms with E-state index in [0.717, 1.165) is 0 Å². The van der Waals surface area contributed by atoms with Crippen molar-refractivity contribution in [3.05, 3.63) is 24.3 Å². The number of carbonyl (C=O) groups excluding carboxylic acids is 1. The average Bonchev–Trinajstić information content (AvgIpc) is 2.29. The van der Waals surface area contributed by atoms with E-state index in [1.54, 1.807) is 20.1 Å². The summed E-state index contributed by atoms with van der Waals surface area (Å²) < 4.78 is 17.6. The van der Waals surface area contributed by atoms with E-state index < -0.39 is 12.0 Å². The van der Waals surface area contributed by atoms with Gasteiger partial charge < -0.3 is 15.4 Å². The first-order valence-electron chi connectivity index (χ1n) is 5.28. The van der Waals surface area contributed by atoms with Gasteiger partial charge in [-0.3, -0.25) is 4.79 Å². The average molecular weight is 241 g/mol. The number of hydrogen-bond donors (Lipinski definition) is 2. The fraction of sp³-hybridized carbons (Fsp3) is 0.455. The number of hydrogen-bond acceptors (Lipinski definition) is 4. The van der Waals surface area contributed by atoms with Crippen LogP contribution in [0, 0.1) is 5.95 Å². The number of nitrogens with one attached hydrogen (secondary N) is 2. The molecule has 6 heteroatoms. The molecule has 1 aromatic rings. The number of rotatable bonds is 6. The standard InChI is InChI=1S/C11H16FN3O2/c1-8(11(16)14-5-6-17-2)15-9-3-4-13-10(12)7-9/h3-4,7-8H,5-6H2,1-2H3,(H,13,15)(H,14,16). The topological polar surface area (TPSA) is 63.2 Å². The van der Waals surface area contributed by atoms with Crippen molar-refractivity contribution in [2.24, 2.45) is 0 Å². The van der Waals surface area contributed by atoms with Crippen LogP contribution in [0.25, 0.3) is 0 Å². The molecule has 0 aromatic carbocycles. The SMILES string of the molecule is COCCNC(=O)C(C)Nc1ccnc(F)c1. The van der Waals surface area contributed by atoms with Crippen molar-refractivity contribution in [3.63, 3.8) is 0 Å². The zero-order valence-corrected chi connectivity index (χ0v) is 9.87. The smallest absolute Gasteiger partial charge is 0.242 e. The minimum Gasteiger partial charge on any atom is -0.383 e. The van der Waals surface area contributed by atoms with Gasteiger partial charge in [0, 0.05) is 31.6 Å². The van der Waals surface area contributed by atoms with E-state index in [9.17, 15) is 9.18 Å². The number of methoxy groups -OCH3 is 1. The number of ether oxygens (including phenoxy) is 1. The minimum atomic E-state index is -0.581. The maximum Gasteiger partial charge on any atom is 0.242 e.